The number of aromatic amines is 1. The van der Waals surface area contributed by atoms with Gasteiger partial charge in [-0.3, -0.25) is 15.0 Å². The maximum absolute atomic E-state index is 13.1. The van der Waals surface area contributed by atoms with Gasteiger partial charge in [0.25, 0.3) is 5.79 Å². The van der Waals surface area contributed by atoms with Crippen LogP contribution in [-0.2, 0) is 24.0 Å². The molecule has 3 aromatic heterocycles. The number of H-pyrrole nitrogens is 1. The van der Waals surface area contributed by atoms with Gasteiger partial charge >= 0.3 is 6.18 Å². The molecular weight excluding hydrogens is 587 g/mol. The molecule has 2 atom stereocenters. The van der Waals surface area contributed by atoms with Crippen molar-refractivity contribution in [1.82, 2.24) is 34.6 Å². The fourth-order valence-electron chi connectivity index (χ4n) is 6.41. The Labute approximate surface area is 257 Å². The maximum Gasteiger partial charge on any atom is 0.451 e. The Kier molecular flexibility index (Phi) is 7.40. The Balaban J connectivity index is 1.09. The topological polar surface area (TPSA) is 103 Å². The minimum Gasteiger partial charge on any atom is -0.445 e. The number of piperidine rings is 1. The first-order valence-corrected chi connectivity index (χ1v) is 15.1. The third-order valence-electron chi connectivity index (χ3n) is 8.93. The van der Waals surface area contributed by atoms with E-state index in [4.69, 9.17) is 19.2 Å². The van der Waals surface area contributed by atoms with E-state index in [2.05, 4.69) is 37.2 Å². The second kappa shape index (κ2) is 11.3. The highest BCUT2D eigenvalue weighted by atomic mass is 19.4. The predicted molar refractivity (Wildman–Crippen MR) is 160 cm³/mol. The van der Waals surface area contributed by atoms with Crippen molar-refractivity contribution in [2.75, 3.05) is 19.7 Å². The standard InChI is InChI=1S/C32H34F3N7O3/c1-4-20(5-2)31(3)44-26-8-6-7-22(28(26)45-31)19-9-12-41(13-10-19)18-27-37-23-15-24(29-38-30(40-39-29)32(33,34)35)36-16-25(23)42(27)17-21-11-14-43-21/h4-8,15-16,19,21H,1,9-14,17-18H2,2-3H3,(H,38,39,40)/b20-5+/t21-,31?/m0/s1. The minimum absolute atomic E-state index is 0.0890. The summed E-state index contributed by atoms with van der Waals surface area (Å²) in [7, 11) is 0. The number of allylic oxidation sites excluding steroid dienone is 1. The predicted octanol–water partition coefficient (Wildman–Crippen LogP) is 6.02. The zero-order chi connectivity index (χ0) is 31.3. The number of rotatable bonds is 8. The van der Waals surface area contributed by atoms with Gasteiger partial charge in [-0.25, -0.2) is 9.97 Å². The van der Waals surface area contributed by atoms with Crippen molar-refractivity contribution in [3.63, 3.8) is 0 Å². The van der Waals surface area contributed by atoms with Crippen molar-refractivity contribution >= 4 is 11.0 Å². The second-order valence-electron chi connectivity index (χ2n) is 11.8. The van der Waals surface area contributed by atoms with Crippen LogP contribution in [0.4, 0.5) is 13.2 Å². The number of pyridine rings is 1. The lowest BCUT2D eigenvalue weighted by Gasteiger charge is -2.33. The molecule has 1 aromatic carbocycles. The van der Waals surface area contributed by atoms with E-state index in [-0.39, 0.29) is 17.6 Å². The summed E-state index contributed by atoms with van der Waals surface area (Å²) >= 11 is 0. The number of imidazole rings is 1. The lowest BCUT2D eigenvalue weighted by molar-refractivity contribution is -0.144. The molecule has 13 heteroatoms. The molecule has 2 saturated heterocycles. The number of aromatic nitrogens is 6. The number of nitrogens with one attached hydrogen (secondary N) is 1. The molecule has 45 heavy (non-hydrogen) atoms. The number of nitrogens with zero attached hydrogens (tertiary/aromatic N) is 6. The molecular formula is C32H34F3N7O3. The molecule has 7 rings (SSSR count). The number of para-hydroxylation sites is 1. The van der Waals surface area contributed by atoms with Crippen LogP contribution in [-0.4, -0.2) is 66.2 Å². The van der Waals surface area contributed by atoms with E-state index >= 15 is 0 Å². The summed E-state index contributed by atoms with van der Waals surface area (Å²) in [5.41, 5.74) is 3.68. The number of fused-ring (bicyclic) bond motifs is 2. The lowest BCUT2D eigenvalue weighted by Crippen LogP contribution is -2.36. The Morgan fingerprint density at radius 2 is 1.98 bits per heavy atom. The summed E-state index contributed by atoms with van der Waals surface area (Å²) < 4.78 is 59.7. The molecule has 1 N–H and O–H groups in total. The van der Waals surface area contributed by atoms with Gasteiger partial charge < -0.3 is 18.8 Å². The molecule has 3 aliphatic rings. The first kappa shape index (κ1) is 29.5. The molecule has 0 bridgehead atoms. The molecule has 236 valence electrons. The molecule has 10 nitrogen and oxygen atoms in total. The minimum atomic E-state index is -4.62. The average Bonchev–Trinajstić information content (AvgIpc) is 3.71. The van der Waals surface area contributed by atoms with Crippen molar-refractivity contribution < 1.29 is 27.4 Å². The Hall–Kier alpha value is -4.23. The Morgan fingerprint density at radius 3 is 2.64 bits per heavy atom. The smallest absolute Gasteiger partial charge is 0.445 e. The first-order valence-electron chi connectivity index (χ1n) is 15.1. The summed E-state index contributed by atoms with van der Waals surface area (Å²) in [5.74, 6) is 0.540. The zero-order valence-electron chi connectivity index (χ0n) is 25.1. The van der Waals surface area contributed by atoms with E-state index in [1.807, 2.05) is 37.2 Å². The van der Waals surface area contributed by atoms with Gasteiger partial charge in [-0.1, -0.05) is 30.9 Å². The Morgan fingerprint density at radius 1 is 1.18 bits per heavy atom. The monoisotopic (exact) mass is 621 g/mol. The molecule has 4 aromatic rings. The highest BCUT2D eigenvalue weighted by Crippen LogP contribution is 2.48. The molecule has 0 spiro atoms. The van der Waals surface area contributed by atoms with Crippen LogP contribution in [0.3, 0.4) is 0 Å². The van der Waals surface area contributed by atoms with Crippen LogP contribution >= 0.6 is 0 Å². The number of likely N-dealkylation sites (tertiary alicyclic amines) is 1. The fourth-order valence-corrected chi connectivity index (χ4v) is 6.41. The van der Waals surface area contributed by atoms with E-state index in [1.54, 1.807) is 18.3 Å². The number of ether oxygens (including phenoxy) is 3. The molecule has 0 radical (unpaired) electrons. The van der Waals surface area contributed by atoms with E-state index in [1.165, 1.54) is 0 Å². The van der Waals surface area contributed by atoms with Gasteiger partial charge in [0.2, 0.25) is 5.82 Å². The van der Waals surface area contributed by atoms with Crippen molar-refractivity contribution in [2.45, 2.75) is 70.2 Å². The normalized spacial score (nSPS) is 22.6. The first-order chi connectivity index (χ1) is 21.6. The number of halogens is 3. The van der Waals surface area contributed by atoms with E-state index in [0.29, 0.717) is 24.5 Å². The van der Waals surface area contributed by atoms with E-state index in [0.717, 1.165) is 72.9 Å². The highest BCUT2D eigenvalue weighted by Gasteiger charge is 2.41. The number of alkyl halides is 3. The van der Waals surface area contributed by atoms with Crippen molar-refractivity contribution in [3.8, 4) is 23.0 Å². The number of hydrogen-bond donors (Lipinski definition) is 1. The SMILES string of the molecule is C=C/C(=C\C)C1(C)Oc2cccc(C3CCN(Cc4nc5cc(-c6n[nH]c(C(F)(F)F)n6)ncc5n4C[C@@H]4CCO4)CC3)c2O1. The van der Waals surface area contributed by atoms with Gasteiger partial charge in [0.1, 0.15) is 11.5 Å². The van der Waals surface area contributed by atoms with Gasteiger partial charge in [0.05, 0.1) is 36.4 Å². The molecule has 6 heterocycles. The summed E-state index contributed by atoms with van der Waals surface area (Å²) in [6, 6.07) is 7.74. The second-order valence-corrected chi connectivity index (χ2v) is 11.8. The molecule has 0 aliphatic carbocycles. The molecule has 0 saturated carbocycles. The number of hydrogen-bond acceptors (Lipinski definition) is 8. The van der Waals surface area contributed by atoms with Crippen LogP contribution in [0, 0.1) is 0 Å². The van der Waals surface area contributed by atoms with Gasteiger partial charge in [0.15, 0.2) is 17.3 Å². The zero-order valence-corrected chi connectivity index (χ0v) is 25.1. The average molecular weight is 622 g/mol. The maximum atomic E-state index is 13.1. The van der Waals surface area contributed by atoms with Crippen LogP contribution in [0.1, 0.15) is 56.2 Å². The van der Waals surface area contributed by atoms with Gasteiger partial charge in [-0.15, -0.1) is 0 Å². The third-order valence-corrected chi connectivity index (χ3v) is 8.93. The molecule has 1 unspecified atom stereocenters. The fraction of sp³-hybridized carbons (Fsp3) is 0.438. The highest BCUT2D eigenvalue weighted by molar-refractivity contribution is 5.78. The van der Waals surface area contributed by atoms with Crippen LogP contribution in [0.25, 0.3) is 22.6 Å². The largest absolute Gasteiger partial charge is 0.451 e. The van der Waals surface area contributed by atoms with Crippen molar-refractivity contribution in [1.29, 1.82) is 0 Å². The van der Waals surface area contributed by atoms with Gasteiger partial charge in [-0.05, 0) is 57.3 Å². The third kappa shape index (κ3) is 5.48. The van der Waals surface area contributed by atoms with Crippen LogP contribution in [0.5, 0.6) is 11.5 Å². The molecule has 0 amide bonds. The van der Waals surface area contributed by atoms with Crippen molar-refractivity contribution in [3.05, 3.63) is 72.0 Å². The van der Waals surface area contributed by atoms with Crippen LogP contribution in [0.15, 0.2) is 54.8 Å². The number of benzene rings is 1. The quantitative estimate of drug-likeness (QED) is 0.238. The van der Waals surface area contributed by atoms with Crippen molar-refractivity contribution in [2.24, 2.45) is 0 Å². The summed E-state index contributed by atoms with van der Waals surface area (Å²) in [6.45, 7) is 11.5. The lowest BCUT2D eigenvalue weighted by atomic mass is 9.88. The van der Waals surface area contributed by atoms with Crippen LogP contribution in [0.2, 0.25) is 0 Å². The summed E-state index contributed by atoms with van der Waals surface area (Å²) in [6.07, 6.45) is 3.67. The van der Waals surface area contributed by atoms with Gasteiger partial charge in [0, 0.05) is 24.7 Å². The molecule has 3 aliphatic heterocycles. The summed E-state index contributed by atoms with van der Waals surface area (Å²) in [4.78, 5) is 15.3. The summed E-state index contributed by atoms with van der Waals surface area (Å²) in [5, 5.41) is 5.68. The van der Waals surface area contributed by atoms with E-state index < -0.39 is 17.8 Å². The Bertz CT molecular complexity index is 1770. The van der Waals surface area contributed by atoms with Crippen LogP contribution < -0.4 is 9.47 Å². The van der Waals surface area contributed by atoms with Gasteiger partial charge in [-0.2, -0.15) is 18.3 Å². The molecule has 2 fully saturated rings. The van der Waals surface area contributed by atoms with E-state index in [9.17, 15) is 13.2 Å².